The highest BCUT2D eigenvalue weighted by Gasteiger charge is 2.05. The van der Waals surface area contributed by atoms with Gasteiger partial charge in [-0.1, -0.05) is 0 Å². The van der Waals surface area contributed by atoms with Crippen LogP contribution in [0, 0.1) is 6.92 Å². The van der Waals surface area contributed by atoms with Crippen molar-refractivity contribution in [3.63, 3.8) is 0 Å². The molecule has 2 rings (SSSR count). The molecular weight excluding hydrogens is 240 g/mol. The lowest BCUT2D eigenvalue weighted by atomic mass is 10.3. The Bertz CT molecular complexity index is 519. The first kappa shape index (κ1) is 13.5. The maximum absolute atomic E-state index is 5.73. The lowest BCUT2D eigenvalue weighted by molar-refractivity contribution is 0.291. The van der Waals surface area contributed by atoms with Crippen LogP contribution in [0.4, 0.5) is 0 Å². The summed E-state index contributed by atoms with van der Waals surface area (Å²) in [6.45, 7) is 6.02. The number of hydrogen-bond donors (Lipinski definition) is 1. The van der Waals surface area contributed by atoms with Crippen LogP contribution in [0.2, 0.25) is 0 Å². The van der Waals surface area contributed by atoms with Crippen molar-refractivity contribution in [3.05, 3.63) is 41.5 Å². The molecule has 19 heavy (non-hydrogen) atoms. The van der Waals surface area contributed by atoms with Crippen LogP contribution < -0.4 is 10.5 Å². The van der Waals surface area contributed by atoms with Crippen molar-refractivity contribution in [2.24, 2.45) is 5.73 Å². The van der Waals surface area contributed by atoms with E-state index in [1.54, 1.807) is 6.20 Å². The van der Waals surface area contributed by atoms with Crippen molar-refractivity contribution >= 4 is 0 Å². The minimum Gasteiger partial charge on any atom is -0.486 e. The Kier molecular flexibility index (Phi) is 4.52. The number of nitrogens with zero attached hydrogens (tertiary/aromatic N) is 3. The molecule has 102 valence electrons. The van der Waals surface area contributed by atoms with Gasteiger partial charge in [0, 0.05) is 18.7 Å². The number of aromatic nitrogens is 3. The Morgan fingerprint density at radius 1 is 1.37 bits per heavy atom. The third kappa shape index (κ3) is 3.54. The van der Waals surface area contributed by atoms with Gasteiger partial charge in [0.25, 0.3) is 0 Å². The number of aryl methyl sites for hydroxylation is 2. The molecule has 2 heterocycles. The molecule has 5 nitrogen and oxygen atoms in total. The van der Waals surface area contributed by atoms with Crippen LogP contribution in [0.5, 0.6) is 5.75 Å². The predicted molar refractivity (Wildman–Crippen MR) is 74.0 cm³/mol. The Morgan fingerprint density at radius 3 is 2.84 bits per heavy atom. The van der Waals surface area contributed by atoms with Gasteiger partial charge in [-0.05, 0) is 38.6 Å². The Morgan fingerprint density at radius 2 is 2.21 bits per heavy atom. The first-order valence-corrected chi connectivity index (χ1v) is 6.54. The van der Waals surface area contributed by atoms with Crippen molar-refractivity contribution in [3.8, 4) is 5.75 Å². The molecule has 2 aromatic rings. The molecule has 0 unspecified atom stereocenters. The van der Waals surface area contributed by atoms with Crippen molar-refractivity contribution in [2.75, 3.05) is 6.54 Å². The van der Waals surface area contributed by atoms with E-state index in [9.17, 15) is 0 Å². The van der Waals surface area contributed by atoms with Gasteiger partial charge in [0.05, 0.1) is 17.6 Å². The van der Waals surface area contributed by atoms with Gasteiger partial charge in [0.2, 0.25) is 0 Å². The van der Waals surface area contributed by atoms with E-state index in [1.807, 2.05) is 29.8 Å². The van der Waals surface area contributed by atoms with E-state index in [-0.39, 0.29) is 0 Å². The van der Waals surface area contributed by atoms with Crippen molar-refractivity contribution in [2.45, 2.75) is 33.4 Å². The first-order chi connectivity index (χ1) is 9.22. The van der Waals surface area contributed by atoms with Crippen LogP contribution in [-0.4, -0.2) is 21.3 Å². The Hall–Kier alpha value is -1.88. The van der Waals surface area contributed by atoms with Crippen molar-refractivity contribution < 1.29 is 4.74 Å². The number of pyridine rings is 1. The molecule has 0 amide bonds. The molecule has 0 aliphatic heterocycles. The van der Waals surface area contributed by atoms with E-state index >= 15 is 0 Å². The molecule has 2 N–H and O–H groups in total. The van der Waals surface area contributed by atoms with E-state index in [0.717, 1.165) is 35.8 Å². The van der Waals surface area contributed by atoms with Crippen LogP contribution in [0.3, 0.4) is 0 Å². The zero-order valence-corrected chi connectivity index (χ0v) is 11.5. The van der Waals surface area contributed by atoms with Crippen LogP contribution in [0.25, 0.3) is 0 Å². The quantitative estimate of drug-likeness (QED) is 0.858. The number of nitrogens with two attached hydrogens (primary N) is 1. The van der Waals surface area contributed by atoms with Gasteiger partial charge in [-0.2, -0.15) is 5.10 Å². The molecule has 0 aliphatic rings. The van der Waals surface area contributed by atoms with E-state index in [0.29, 0.717) is 13.2 Å². The molecule has 0 spiro atoms. The SMILES string of the molecule is CCn1nc(C)cc1COc1ccc(CCN)nc1. The summed E-state index contributed by atoms with van der Waals surface area (Å²) in [4.78, 5) is 4.30. The molecule has 0 bridgehead atoms. The minimum absolute atomic E-state index is 0.507. The van der Waals surface area contributed by atoms with Gasteiger partial charge in [0.15, 0.2) is 0 Å². The zero-order valence-electron chi connectivity index (χ0n) is 11.5. The third-order valence-electron chi connectivity index (χ3n) is 2.87. The highest BCUT2D eigenvalue weighted by Crippen LogP contribution is 2.13. The maximum atomic E-state index is 5.73. The minimum atomic E-state index is 0.507. The summed E-state index contributed by atoms with van der Waals surface area (Å²) < 4.78 is 7.68. The molecule has 0 atom stereocenters. The van der Waals surface area contributed by atoms with Crippen LogP contribution in [0.15, 0.2) is 24.4 Å². The monoisotopic (exact) mass is 260 g/mol. The number of rotatable bonds is 6. The van der Waals surface area contributed by atoms with Gasteiger partial charge in [-0.15, -0.1) is 0 Å². The second-order valence-corrected chi connectivity index (χ2v) is 4.41. The highest BCUT2D eigenvalue weighted by atomic mass is 16.5. The van der Waals surface area contributed by atoms with E-state index < -0.39 is 0 Å². The summed E-state index contributed by atoms with van der Waals surface area (Å²) in [6, 6.07) is 5.92. The smallest absolute Gasteiger partial charge is 0.138 e. The molecule has 0 fully saturated rings. The summed E-state index contributed by atoms with van der Waals surface area (Å²) in [7, 11) is 0. The first-order valence-electron chi connectivity index (χ1n) is 6.54. The summed E-state index contributed by atoms with van der Waals surface area (Å²) in [5, 5.41) is 4.39. The van der Waals surface area contributed by atoms with Crippen LogP contribution in [-0.2, 0) is 19.6 Å². The van der Waals surface area contributed by atoms with Crippen molar-refractivity contribution in [1.82, 2.24) is 14.8 Å². The van der Waals surface area contributed by atoms with Gasteiger partial charge in [-0.25, -0.2) is 0 Å². The zero-order chi connectivity index (χ0) is 13.7. The highest BCUT2D eigenvalue weighted by molar-refractivity contribution is 5.20. The lowest BCUT2D eigenvalue weighted by Gasteiger charge is -2.07. The summed E-state index contributed by atoms with van der Waals surface area (Å²) >= 11 is 0. The molecule has 5 heteroatoms. The Labute approximate surface area is 113 Å². The average molecular weight is 260 g/mol. The second kappa shape index (κ2) is 6.33. The van der Waals surface area contributed by atoms with E-state index in [4.69, 9.17) is 10.5 Å². The molecule has 0 aromatic carbocycles. The average Bonchev–Trinajstić information content (AvgIpc) is 2.79. The fourth-order valence-corrected chi connectivity index (χ4v) is 1.94. The fraction of sp³-hybridized carbons (Fsp3) is 0.429. The summed E-state index contributed by atoms with van der Waals surface area (Å²) in [5.41, 5.74) is 8.56. The second-order valence-electron chi connectivity index (χ2n) is 4.41. The van der Waals surface area contributed by atoms with Crippen molar-refractivity contribution in [1.29, 1.82) is 0 Å². The Balaban J connectivity index is 1.97. The number of ether oxygens (including phenoxy) is 1. The summed E-state index contributed by atoms with van der Waals surface area (Å²) in [6.07, 6.45) is 2.53. The standard InChI is InChI=1S/C14H20N4O/c1-3-18-13(8-11(2)17-18)10-19-14-5-4-12(6-7-15)16-9-14/h4-5,8-9H,3,6-7,10,15H2,1-2H3. The van der Waals surface area contributed by atoms with Gasteiger partial charge < -0.3 is 10.5 Å². The normalized spacial score (nSPS) is 10.7. The molecule has 0 aliphatic carbocycles. The lowest BCUT2D eigenvalue weighted by Crippen LogP contribution is -2.07. The molecule has 0 saturated heterocycles. The molecule has 2 aromatic heterocycles. The largest absolute Gasteiger partial charge is 0.486 e. The predicted octanol–water partition coefficient (Wildman–Crippen LogP) is 1.69. The molecule has 0 saturated carbocycles. The topological polar surface area (TPSA) is 66.0 Å². The fourth-order valence-electron chi connectivity index (χ4n) is 1.94. The maximum Gasteiger partial charge on any atom is 0.138 e. The molecular formula is C14H20N4O. The van der Waals surface area contributed by atoms with Crippen LogP contribution >= 0.6 is 0 Å². The van der Waals surface area contributed by atoms with Gasteiger partial charge >= 0.3 is 0 Å². The third-order valence-corrected chi connectivity index (χ3v) is 2.87. The summed E-state index contributed by atoms with van der Waals surface area (Å²) in [5.74, 6) is 0.766. The van der Waals surface area contributed by atoms with Gasteiger partial charge in [0.1, 0.15) is 12.4 Å². The number of hydrogen-bond acceptors (Lipinski definition) is 4. The van der Waals surface area contributed by atoms with E-state index in [2.05, 4.69) is 17.0 Å². The van der Waals surface area contributed by atoms with E-state index in [1.165, 1.54) is 0 Å². The molecule has 0 radical (unpaired) electrons. The van der Waals surface area contributed by atoms with Gasteiger partial charge in [-0.3, -0.25) is 9.67 Å². The van der Waals surface area contributed by atoms with Crippen LogP contribution in [0.1, 0.15) is 24.0 Å².